The van der Waals surface area contributed by atoms with Crippen molar-refractivity contribution in [2.75, 3.05) is 19.6 Å². The minimum atomic E-state index is -1.44. The number of amides is 3. The van der Waals surface area contributed by atoms with Crippen molar-refractivity contribution < 1.29 is 39.3 Å². The van der Waals surface area contributed by atoms with Crippen LogP contribution in [0.15, 0.2) is 4.99 Å². The zero-order valence-electron chi connectivity index (χ0n) is 18.0. The topological polar surface area (TPSA) is 264 Å². The monoisotopic (exact) mass is 473 g/mol. The normalized spacial score (nSPS) is 19.3. The van der Waals surface area contributed by atoms with Gasteiger partial charge in [-0.05, 0) is 19.3 Å². The molecule has 0 aromatic heterocycles. The number of aliphatic hydroxyl groups excluding tert-OH is 1. The van der Waals surface area contributed by atoms with Gasteiger partial charge in [-0.3, -0.25) is 24.2 Å². The summed E-state index contributed by atoms with van der Waals surface area (Å²) >= 11 is 0. The molecule has 0 spiro atoms. The van der Waals surface area contributed by atoms with E-state index in [1.165, 1.54) is 0 Å². The Bertz CT molecular complexity index is 771. The van der Waals surface area contributed by atoms with Crippen molar-refractivity contribution in [2.45, 2.75) is 56.3 Å². The fourth-order valence-electron chi connectivity index (χ4n) is 3.22. The average Bonchev–Trinajstić information content (AvgIpc) is 3.12. The Hall–Kier alpha value is -3.46. The number of aliphatic hydroxyl groups is 1. The van der Waals surface area contributed by atoms with Gasteiger partial charge in [0.2, 0.25) is 17.7 Å². The Kier molecular flexibility index (Phi) is 11.0. The fourth-order valence-corrected chi connectivity index (χ4v) is 3.22. The largest absolute Gasteiger partial charge is 0.481 e. The minimum absolute atomic E-state index is 0.0593. The first-order chi connectivity index (χ1) is 15.4. The summed E-state index contributed by atoms with van der Waals surface area (Å²) < 4.78 is 0. The summed E-state index contributed by atoms with van der Waals surface area (Å²) in [5, 5.41) is 32.1. The highest BCUT2D eigenvalue weighted by molar-refractivity contribution is 5.93. The van der Waals surface area contributed by atoms with Crippen molar-refractivity contribution in [3.05, 3.63) is 0 Å². The molecule has 0 aliphatic carbocycles. The summed E-state index contributed by atoms with van der Waals surface area (Å²) in [5.41, 5.74) is 16.3. The second kappa shape index (κ2) is 13.2. The number of carboxylic acid groups (broad SMARTS) is 2. The average molecular weight is 473 g/mol. The number of nitrogens with two attached hydrogens (primary N) is 3. The molecule has 0 radical (unpaired) electrons. The number of aliphatic carboxylic acids is 2. The van der Waals surface area contributed by atoms with Crippen LogP contribution in [-0.4, -0.2) is 99.7 Å². The van der Waals surface area contributed by atoms with Gasteiger partial charge in [0, 0.05) is 25.9 Å². The van der Waals surface area contributed by atoms with Gasteiger partial charge >= 0.3 is 11.9 Å². The molecule has 1 heterocycles. The molecule has 15 nitrogen and oxygen atoms in total. The number of carbonyl (C=O) groups excluding carboxylic acids is 3. The van der Waals surface area contributed by atoms with Crippen LogP contribution >= 0.6 is 0 Å². The highest BCUT2D eigenvalue weighted by Gasteiger charge is 2.40. The highest BCUT2D eigenvalue weighted by atomic mass is 16.4. The van der Waals surface area contributed by atoms with E-state index in [1.54, 1.807) is 0 Å². The number of carbonyl (C=O) groups is 5. The van der Waals surface area contributed by atoms with Gasteiger partial charge in [-0.2, -0.15) is 0 Å². The van der Waals surface area contributed by atoms with E-state index >= 15 is 0 Å². The molecule has 33 heavy (non-hydrogen) atoms. The number of β-amino-alcohol motifs (C(OH)–C–C–N with tert-alkyl or cyclic N) is 1. The Balaban J connectivity index is 2.61. The van der Waals surface area contributed by atoms with E-state index in [4.69, 9.17) is 27.4 Å². The van der Waals surface area contributed by atoms with Crippen molar-refractivity contribution >= 4 is 35.6 Å². The quantitative estimate of drug-likeness (QED) is 0.0723. The number of nitrogens with zero attached hydrogens (tertiary/aromatic N) is 2. The molecule has 1 saturated heterocycles. The molecule has 0 bridgehead atoms. The lowest BCUT2D eigenvalue weighted by Crippen LogP contribution is -2.53. The molecule has 1 fully saturated rings. The van der Waals surface area contributed by atoms with Crippen LogP contribution in [0.4, 0.5) is 0 Å². The first kappa shape index (κ1) is 27.6. The number of hydrogen-bond acceptors (Lipinski definition) is 8. The second-order valence-corrected chi connectivity index (χ2v) is 7.56. The summed E-state index contributed by atoms with van der Waals surface area (Å²) in [7, 11) is 0. The predicted octanol–water partition coefficient (Wildman–Crippen LogP) is -4.12. The van der Waals surface area contributed by atoms with Crippen LogP contribution in [0, 0.1) is 0 Å². The molecular weight excluding hydrogens is 442 g/mol. The maximum Gasteiger partial charge on any atom is 0.326 e. The lowest BCUT2D eigenvalue weighted by Gasteiger charge is -2.26. The molecule has 0 unspecified atom stereocenters. The van der Waals surface area contributed by atoms with Crippen LogP contribution in [0.3, 0.4) is 0 Å². The summed E-state index contributed by atoms with van der Waals surface area (Å²) in [6.45, 7) is -0.440. The Labute approximate surface area is 189 Å². The maximum atomic E-state index is 12.7. The SMILES string of the molecule is NC(N)=NCCC[C@H](N)C(=O)N1C[C@H](O)C[C@H]1C(=O)NCC(=O)N[C@@H](CCC(=O)O)C(=O)O. The summed E-state index contributed by atoms with van der Waals surface area (Å²) in [6, 6.07) is -3.45. The smallest absolute Gasteiger partial charge is 0.326 e. The van der Waals surface area contributed by atoms with E-state index < -0.39 is 66.9 Å². The van der Waals surface area contributed by atoms with Crippen LogP contribution in [0.2, 0.25) is 0 Å². The molecule has 186 valence electrons. The number of aliphatic imine (C=N–C) groups is 1. The van der Waals surface area contributed by atoms with Gasteiger partial charge in [0.05, 0.1) is 18.7 Å². The first-order valence-corrected chi connectivity index (χ1v) is 10.2. The van der Waals surface area contributed by atoms with Crippen LogP contribution in [0.5, 0.6) is 0 Å². The van der Waals surface area contributed by atoms with E-state index in [0.29, 0.717) is 6.42 Å². The van der Waals surface area contributed by atoms with Crippen molar-refractivity contribution in [3.63, 3.8) is 0 Å². The molecular formula is C18H31N7O8. The first-order valence-electron chi connectivity index (χ1n) is 10.2. The van der Waals surface area contributed by atoms with Gasteiger partial charge in [0.25, 0.3) is 0 Å². The number of rotatable bonds is 13. The minimum Gasteiger partial charge on any atom is -0.481 e. The number of guanidine groups is 1. The van der Waals surface area contributed by atoms with Gasteiger partial charge in [-0.15, -0.1) is 0 Å². The zero-order valence-corrected chi connectivity index (χ0v) is 18.0. The second-order valence-electron chi connectivity index (χ2n) is 7.56. The Morgan fingerprint density at radius 3 is 2.36 bits per heavy atom. The van der Waals surface area contributed by atoms with E-state index in [0.717, 1.165) is 4.90 Å². The van der Waals surface area contributed by atoms with Crippen molar-refractivity contribution in [2.24, 2.45) is 22.2 Å². The number of nitrogens with one attached hydrogen (secondary N) is 2. The van der Waals surface area contributed by atoms with Crippen LogP contribution in [0.1, 0.15) is 32.1 Å². The van der Waals surface area contributed by atoms with E-state index in [2.05, 4.69) is 15.6 Å². The van der Waals surface area contributed by atoms with Gasteiger partial charge in [-0.25, -0.2) is 4.79 Å². The molecule has 0 aromatic carbocycles. The van der Waals surface area contributed by atoms with E-state index in [9.17, 15) is 29.1 Å². The molecule has 1 aliphatic rings. The fraction of sp³-hybridized carbons (Fsp3) is 0.667. The third-order valence-electron chi connectivity index (χ3n) is 4.85. The lowest BCUT2D eigenvalue weighted by molar-refractivity contribution is -0.143. The van der Waals surface area contributed by atoms with Crippen molar-refractivity contribution in [1.29, 1.82) is 0 Å². The zero-order chi connectivity index (χ0) is 25.1. The van der Waals surface area contributed by atoms with Crippen molar-refractivity contribution in [1.82, 2.24) is 15.5 Å². The third kappa shape index (κ3) is 9.69. The standard InChI is InChI=1S/C18H31N7O8/c19-10(2-1-5-22-18(20)21)16(31)25-8-9(26)6-12(25)15(30)23-7-13(27)24-11(17(32)33)3-4-14(28)29/h9-12,26H,1-8,19H2,(H,23,30)(H,24,27)(H,28,29)(H,32,33)(H4,20,21,22)/t9-,10+,11+,12+/m1/s1. The van der Waals surface area contributed by atoms with Crippen molar-refractivity contribution in [3.8, 4) is 0 Å². The molecule has 4 atom stereocenters. The Morgan fingerprint density at radius 2 is 1.79 bits per heavy atom. The molecule has 15 heteroatoms. The Morgan fingerprint density at radius 1 is 1.12 bits per heavy atom. The molecule has 1 rings (SSSR count). The predicted molar refractivity (Wildman–Crippen MR) is 113 cm³/mol. The maximum absolute atomic E-state index is 12.7. The number of carboxylic acids is 2. The van der Waals surface area contributed by atoms with Crippen LogP contribution < -0.4 is 27.8 Å². The molecule has 0 aromatic rings. The van der Waals surface area contributed by atoms with E-state index in [1.807, 2.05) is 0 Å². The third-order valence-corrected chi connectivity index (χ3v) is 4.85. The van der Waals surface area contributed by atoms with Crippen LogP contribution in [0.25, 0.3) is 0 Å². The highest BCUT2D eigenvalue weighted by Crippen LogP contribution is 2.19. The summed E-state index contributed by atoms with van der Waals surface area (Å²) in [5.74, 6) is -4.85. The molecule has 11 N–H and O–H groups in total. The summed E-state index contributed by atoms with van der Waals surface area (Å²) in [6.07, 6.45) is -1.15. The van der Waals surface area contributed by atoms with E-state index in [-0.39, 0.29) is 38.3 Å². The van der Waals surface area contributed by atoms with Gasteiger partial charge < -0.3 is 48.1 Å². The number of likely N-dealkylation sites (tertiary alicyclic amines) is 1. The summed E-state index contributed by atoms with van der Waals surface area (Å²) in [4.78, 5) is 63.8. The number of hydrogen-bond donors (Lipinski definition) is 8. The van der Waals surface area contributed by atoms with Gasteiger partial charge in [0.15, 0.2) is 5.96 Å². The molecule has 0 saturated carbocycles. The van der Waals surface area contributed by atoms with Crippen LogP contribution in [-0.2, 0) is 24.0 Å². The molecule has 3 amide bonds. The van der Waals surface area contributed by atoms with Gasteiger partial charge in [-0.1, -0.05) is 0 Å². The lowest BCUT2D eigenvalue weighted by atomic mass is 10.1. The molecule has 1 aliphatic heterocycles. The van der Waals surface area contributed by atoms with Gasteiger partial charge in [0.1, 0.15) is 12.1 Å².